The van der Waals surface area contributed by atoms with Crippen LogP contribution in [0.4, 0.5) is 0 Å². The van der Waals surface area contributed by atoms with Crippen molar-refractivity contribution in [2.75, 3.05) is 14.2 Å². The molecular formula is C33H33IN2O3. The highest BCUT2D eigenvalue weighted by Gasteiger charge is 2.43. The number of halogens is 1. The summed E-state index contributed by atoms with van der Waals surface area (Å²) in [4.78, 5) is 20.0. The lowest BCUT2D eigenvalue weighted by Gasteiger charge is -2.27. The summed E-state index contributed by atoms with van der Waals surface area (Å²) in [6.45, 7) is 6.67. The van der Waals surface area contributed by atoms with Crippen molar-refractivity contribution in [2.24, 2.45) is 0 Å². The number of nitrogens with one attached hydrogen (secondary N) is 1. The predicted octanol–water partition coefficient (Wildman–Crippen LogP) is 8.04. The van der Waals surface area contributed by atoms with Crippen LogP contribution < -0.4 is 9.47 Å². The molecule has 2 heterocycles. The number of para-hydroxylation sites is 1. The number of hydrogen-bond acceptors (Lipinski definition) is 3. The number of benzene rings is 3. The Bertz CT molecular complexity index is 1610. The lowest BCUT2D eigenvalue weighted by atomic mass is 9.85. The number of carbonyl (C=O) groups is 1. The van der Waals surface area contributed by atoms with Crippen molar-refractivity contribution >= 4 is 45.1 Å². The molecule has 0 saturated heterocycles. The number of rotatable bonds is 5. The number of amides is 1. The summed E-state index contributed by atoms with van der Waals surface area (Å²) >= 11 is 2.49. The average molecular weight is 633 g/mol. The van der Waals surface area contributed by atoms with E-state index in [1.54, 1.807) is 14.2 Å². The summed E-state index contributed by atoms with van der Waals surface area (Å²) in [7, 11) is 3.31. The number of aromatic nitrogens is 1. The summed E-state index contributed by atoms with van der Waals surface area (Å²) in [6, 6.07) is 23.3. The van der Waals surface area contributed by atoms with E-state index in [1.165, 1.54) is 5.56 Å². The van der Waals surface area contributed by atoms with Crippen LogP contribution in [-0.2, 0) is 5.41 Å². The Balaban J connectivity index is 1.65. The van der Waals surface area contributed by atoms with Gasteiger partial charge in [-0.05, 0) is 75.7 Å². The van der Waals surface area contributed by atoms with Crippen LogP contribution in [-0.4, -0.2) is 36.1 Å². The van der Waals surface area contributed by atoms with Gasteiger partial charge in [-0.1, -0.05) is 69.3 Å². The second kappa shape index (κ2) is 9.73. The zero-order chi connectivity index (χ0) is 27.5. The third-order valence-electron chi connectivity index (χ3n) is 7.87. The zero-order valence-electron chi connectivity index (χ0n) is 23.0. The van der Waals surface area contributed by atoms with Crippen LogP contribution in [0.3, 0.4) is 0 Å². The van der Waals surface area contributed by atoms with Crippen molar-refractivity contribution in [2.45, 2.75) is 51.0 Å². The van der Waals surface area contributed by atoms with Gasteiger partial charge in [0.2, 0.25) is 0 Å². The molecule has 0 bridgehead atoms. The molecule has 4 aromatic rings. The number of aromatic amines is 1. The van der Waals surface area contributed by atoms with Crippen molar-refractivity contribution < 1.29 is 14.3 Å². The minimum Gasteiger partial charge on any atom is -0.493 e. The molecule has 1 N–H and O–H groups in total. The van der Waals surface area contributed by atoms with Gasteiger partial charge in [-0.3, -0.25) is 4.79 Å². The number of H-pyrrole nitrogens is 1. The topological polar surface area (TPSA) is 54.6 Å². The van der Waals surface area contributed by atoms with E-state index in [0.29, 0.717) is 17.2 Å². The van der Waals surface area contributed by atoms with E-state index in [0.717, 1.165) is 49.7 Å². The average Bonchev–Trinajstić information content (AvgIpc) is 3.71. The molecule has 3 aromatic carbocycles. The Morgan fingerprint density at radius 2 is 1.62 bits per heavy atom. The van der Waals surface area contributed by atoms with Crippen molar-refractivity contribution in [3.63, 3.8) is 0 Å². The summed E-state index contributed by atoms with van der Waals surface area (Å²) < 4.78 is 12.4. The lowest BCUT2D eigenvalue weighted by Crippen LogP contribution is -2.32. The highest BCUT2D eigenvalue weighted by molar-refractivity contribution is 14.1. The Morgan fingerprint density at radius 3 is 2.26 bits per heavy atom. The minimum atomic E-state index is -0.165. The molecule has 1 amide bonds. The van der Waals surface area contributed by atoms with Gasteiger partial charge < -0.3 is 19.4 Å². The normalized spacial score (nSPS) is 17.8. The zero-order valence-corrected chi connectivity index (χ0v) is 25.1. The standard InChI is InChI=1S/C33H33IN2O3/c1-33(2,3)21-13-10-19(11-14-21)31-29(34)27(20-12-17-25(38-4)26(18-20)39-5)28-23-8-6-7-9-24(23)35-30(28)32(37)36(31)22-15-16-22/h6-14,17-18,22,27,35H,15-16H2,1-5H3. The van der Waals surface area contributed by atoms with E-state index in [1.807, 2.05) is 30.3 Å². The number of methoxy groups -OCH3 is 2. The number of fused-ring (bicyclic) bond motifs is 3. The van der Waals surface area contributed by atoms with Crippen LogP contribution in [0, 0.1) is 0 Å². The maximum Gasteiger partial charge on any atom is 0.275 e. The van der Waals surface area contributed by atoms with Crippen molar-refractivity contribution in [1.29, 1.82) is 0 Å². The third kappa shape index (κ3) is 4.42. The van der Waals surface area contributed by atoms with E-state index < -0.39 is 0 Å². The molecule has 1 aliphatic heterocycles. The largest absolute Gasteiger partial charge is 0.493 e. The monoisotopic (exact) mass is 632 g/mol. The first kappa shape index (κ1) is 26.0. The van der Waals surface area contributed by atoms with Crippen molar-refractivity contribution in [3.8, 4) is 11.5 Å². The van der Waals surface area contributed by atoms with Crippen LogP contribution in [0.25, 0.3) is 16.6 Å². The van der Waals surface area contributed by atoms with Crippen LogP contribution in [0.2, 0.25) is 0 Å². The Morgan fingerprint density at radius 1 is 0.923 bits per heavy atom. The van der Waals surface area contributed by atoms with Crippen molar-refractivity contribution in [1.82, 2.24) is 9.88 Å². The van der Waals surface area contributed by atoms with Gasteiger partial charge in [0.15, 0.2) is 11.5 Å². The first-order valence-electron chi connectivity index (χ1n) is 13.4. The molecule has 39 heavy (non-hydrogen) atoms. The molecule has 1 saturated carbocycles. The fourth-order valence-electron chi connectivity index (χ4n) is 5.66. The molecule has 5 nitrogen and oxygen atoms in total. The van der Waals surface area contributed by atoms with Crippen LogP contribution in [0.5, 0.6) is 11.5 Å². The SMILES string of the molecule is COc1ccc(C2C(I)=C(c3ccc(C(C)(C)C)cc3)N(C3CC3)C(=O)c3[nH]c4ccccc4c32)cc1OC. The van der Waals surface area contributed by atoms with Gasteiger partial charge in [-0.25, -0.2) is 0 Å². The Kier molecular flexibility index (Phi) is 6.49. The molecule has 1 fully saturated rings. The van der Waals surface area contributed by atoms with Gasteiger partial charge in [0, 0.05) is 32.0 Å². The maximum absolute atomic E-state index is 14.5. The molecule has 6 heteroatoms. The third-order valence-corrected chi connectivity index (χ3v) is 9.00. The van der Waals surface area contributed by atoms with Gasteiger partial charge >= 0.3 is 0 Å². The smallest absolute Gasteiger partial charge is 0.275 e. The van der Waals surface area contributed by atoms with Gasteiger partial charge in [0.25, 0.3) is 5.91 Å². The van der Waals surface area contributed by atoms with Gasteiger partial charge in [0.1, 0.15) is 5.69 Å². The summed E-state index contributed by atoms with van der Waals surface area (Å²) in [6.07, 6.45) is 2.02. The van der Waals surface area contributed by atoms with Crippen LogP contribution in [0.1, 0.15) is 72.3 Å². The quantitative estimate of drug-likeness (QED) is 0.227. The van der Waals surface area contributed by atoms with E-state index >= 15 is 0 Å². The van der Waals surface area contributed by atoms with Gasteiger partial charge in [-0.15, -0.1) is 0 Å². The van der Waals surface area contributed by atoms with Crippen LogP contribution >= 0.6 is 22.6 Å². The molecule has 1 aliphatic carbocycles. The number of allylic oxidation sites excluding steroid dienone is 1. The maximum atomic E-state index is 14.5. The fraction of sp³-hybridized carbons (Fsp3) is 0.303. The molecule has 1 unspecified atom stereocenters. The molecule has 1 aromatic heterocycles. The van der Waals surface area contributed by atoms with Crippen molar-refractivity contribution in [3.05, 3.63) is 98.3 Å². The Hall–Kier alpha value is -3.26. The van der Waals surface area contributed by atoms with E-state index in [2.05, 4.69) is 89.6 Å². The molecular weight excluding hydrogens is 599 g/mol. The number of hydrogen-bond donors (Lipinski definition) is 1. The highest BCUT2D eigenvalue weighted by atomic mass is 127. The second-order valence-corrected chi connectivity index (χ2v) is 12.6. The van der Waals surface area contributed by atoms with Crippen LogP contribution in [0.15, 0.2) is 70.3 Å². The predicted molar refractivity (Wildman–Crippen MR) is 165 cm³/mol. The number of ether oxygens (including phenoxy) is 2. The summed E-state index contributed by atoms with van der Waals surface area (Å²) in [5, 5.41) is 1.06. The molecule has 1 atom stereocenters. The second-order valence-electron chi connectivity index (χ2n) is 11.4. The minimum absolute atomic E-state index is 0.0377. The van der Waals surface area contributed by atoms with Gasteiger partial charge in [-0.2, -0.15) is 0 Å². The molecule has 0 radical (unpaired) electrons. The summed E-state index contributed by atoms with van der Waals surface area (Å²) in [5.41, 5.74) is 7.08. The number of nitrogens with zero attached hydrogens (tertiary/aromatic N) is 1. The van der Waals surface area contributed by atoms with E-state index in [4.69, 9.17) is 9.47 Å². The fourth-order valence-corrected chi connectivity index (χ4v) is 6.91. The molecule has 6 rings (SSSR count). The first-order chi connectivity index (χ1) is 18.7. The van der Waals surface area contributed by atoms with E-state index in [9.17, 15) is 4.79 Å². The van der Waals surface area contributed by atoms with Gasteiger partial charge in [0.05, 0.1) is 19.9 Å². The first-order valence-corrected chi connectivity index (χ1v) is 14.5. The highest BCUT2D eigenvalue weighted by Crippen LogP contribution is 2.51. The Labute approximate surface area is 243 Å². The van der Waals surface area contributed by atoms with E-state index in [-0.39, 0.29) is 23.3 Å². The lowest BCUT2D eigenvalue weighted by molar-refractivity contribution is 0.0823. The molecule has 200 valence electrons. The molecule has 2 aliphatic rings. The molecule has 0 spiro atoms. The summed E-state index contributed by atoms with van der Waals surface area (Å²) in [5.74, 6) is 1.23. The number of carbonyl (C=O) groups excluding carboxylic acids is 1.